The predicted octanol–water partition coefficient (Wildman–Crippen LogP) is 1.54. The van der Waals surface area contributed by atoms with Crippen molar-refractivity contribution in [3.05, 3.63) is 83.1 Å². The molecule has 0 bridgehead atoms. The third-order valence-electron chi connectivity index (χ3n) is 5.68. The van der Waals surface area contributed by atoms with Crippen LogP contribution in [0, 0.1) is 0 Å². The summed E-state index contributed by atoms with van der Waals surface area (Å²) in [4.78, 5) is 38.6. The molecule has 34 heavy (non-hydrogen) atoms. The van der Waals surface area contributed by atoms with E-state index in [1.165, 1.54) is 5.56 Å². The highest BCUT2D eigenvalue weighted by Gasteiger charge is 2.20. The van der Waals surface area contributed by atoms with Crippen molar-refractivity contribution in [3.63, 3.8) is 0 Å². The summed E-state index contributed by atoms with van der Waals surface area (Å²) in [6, 6.07) is 16.2. The van der Waals surface area contributed by atoms with Crippen LogP contribution in [-0.4, -0.2) is 55.0 Å². The van der Waals surface area contributed by atoms with Crippen LogP contribution in [-0.2, 0) is 27.2 Å². The largest absolute Gasteiger partial charge is 0.378 e. The van der Waals surface area contributed by atoms with Gasteiger partial charge in [-0.2, -0.15) is 0 Å². The Kier molecular flexibility index (Phi) is 9.37. The summed E-state index contributed by atoms with van der Waals surface area (Å²) >= 11 is 0. The number of primary amides is 1. The minimum Gasteiger partial charge on any atom is -0.378 e. The highest BCUT2D eigenvalue weighted by Crippen LogP contribution is 2.11. The Hall–Kier alpha value is -3.49. The minimum atomic E-state index is -0.868. The van der Waals surface area contributed by atoms with Crippen molar-refractivity contribution >= 4 is 17.7 Å². The SMILES string of the molecule is NC(=O)C(=CCCCc1ccccc1)NC(=O)[C@@H](N)Cc1ccc(C(=O)N2CCOCC2)cc1. The zero-order valence-corrected chi connectivity index (χ0v) is 19.2. The lowest BCUT2D eigenvalue weighted by atomic mass is 10.0. The second-order valence-electron chi connectivity index (χ2n) is 8.26. The van der Waals surface area contributed by atoms with Crippen LogP contribution in [0.15, 0.2) is 66.4 Å². The Labute approximate surface area is 199 Å². The maximum absolute atomic E-state index is 12.5. The van der Waals surface area contributed by atoms with Gasteiger partial charge in [-0.25, -0.2) is 0 Å². The lowest BCUT2D eigenvalue weighted by molar-refractivity contribution is -0.123. The Bertz CT molecular complexity index is 999. The minimum absolute atomic E-state index is 0.0413. The maximum atomic E-state index is 12.5. The highest BCUT2D eigenvalue weighted by atomic mass is 16.5. The fourth-order valence-corrected chi connectivity index (χ4v) is 3.71. The lowest BCUT2D eigenvalue weighted by Gasteiger charge is -2.26. The Morgan fingerprint density at radius 3 is 2.32 bits per heavy atom. The molecule has 1 fully saturated rings. The Morgan fingerprint density at radius 1 is 1.00 bits per heavy atom. The number of hydrogen-bond acceptors (Lipinski definition) is 5. The summed E-state index contributed by atoms with van der Waals surface area (Å²) < 4.78 is 5.28. The molecule has 1 saturated heterocycles. The number of benzene rings is 2. The Balaban J connectivity index is 1.50. The molecule has 3 amide bonds. The first kappa shape index (κ1) is 25.1. The summed E-state index contributed by atoms with van der Waals surface area (Å²) in [6.45, 7) is 2.24. The van der Waals surface area contributed by atoms with E-state index >= 15 is 0 Å². The van der Waals surface area contributed by atoms with Crippen molar-refractivity contribution in [3.8, 4) is 0 Å². The zero-order chi connectivity index (χ0) is 24.3. The molecule has 0 spiro atoms. The van der Waals surface area contributed by atoms with E-state index in [2.05, 4.69) is 5.32 Å². The Morgan fingerprint density at radius 2 is 1.68 bits per heavy atom. The van der Waals surface area contributed by atoms with Crippen molar-refractivity contribution in [1.82, 2.24) is 10.2 Å². The average Bonchev–Trinajstić information content (AvgIpc) is 2.86. The second kappa shape index (κ2) is 12.7. The summed E-state index contributed by atoms with van der Waals surface area (Å²) in [5, 5.41) is 2.56. The number of nitrogens with zero attached hydrogens (tertiary/aromatic N) is 1. The summed E-state index contributed by atoms with van der Waals surface area (Å²) in [7, 11) is 0. The molecule has 1 heterocycles. The predicted molar refractivity (Wildman–Crippen MR) is 130 cm³/mol. The van der Waals surface area contributed by atoms with E-state index in [-0.39, 0.29) is 18.0 Å². The molecule has 2 aromatic carbocycles. The van der Waals surface area contributed by atoms with Crippen molar-refractivity contribution in [2.75, 3.05) is 26.3 Å². The number of ether oxygens (including phenoxy) is 1. The zero-order valence-electron chi connectivity index (χ0n) is 19.2. The smallest absolute Gasteiger partial charge is 0.264 e. The van der Waals surface area contributed by atoms with E-state index in [0.717, 1.165) is 18.4 Å². The molecule has 0 unspecified atom stereocenters. The number of morpholine rings is 1. The highest BCUT2D eigenvalue weighted by molar-refractivity contribution is 5.97. The number of carbonyl (C=O) groups is 3. The van der Waals surface area contributed by atoms with Crippen LogP contribution in [0.2, 0.25) is 0 Å². The molecular formula is C26H32N4O4. The number of amides is 3. The van der Waals surface area contributed by atoms with Crippen LogP contribution in [0.1, 0.15) is 34.3 Å². The summed E-state index contributed by atoms with van der Waals surface area (Å²) in [5.74, 6) is -1.23. The van der Waals surface area contributed by atoms with Crippen LogP contribution < -0.4 is 16.8 Å². The molecule has 3 rings (SSSR count). The van der Waals surface area contributed by atoms with Gasteiger partial charge in [0, 0.05) is 18.7 Å². The number of carbonyl (C=O) groups excluding carboxylic acids is 3. The molecule has 8 nitrogen and oxygen atoms in total. The van der Waals surface area contributed by atoms with Gasteiger partial charge in [0.15, 0.2) is 0 Å². The van der Waals surface area contributed by atoms with E-state index in [1.54, 1.807) is 35.2 Å². The number of nitrogens with two attached hydrogens (primary N) is 2. The number of rotatable bonds is 10. The molecule has 1 aliphatic heterocycles. The van der Waals surface area contributed by atoms with Gasteiger partial charge < -0.3 is 26.4 Å². The lowest BCUT2D eigenvalue weighted by Crippen LogP contribution is -2.43. The summed E-state index contributed by atoms with van der Waals surface area (Å²) in [5.41, 5.74) is 14.2. The number of unbranched alkanes of at least 4 members (excludes halogenated alkanes) is 1. The molecule has 1 aliphatic rings. The van der Waals surface area contributed by atoms with Gasteiger partial charge in [0.1, 0.15) is 5.70 Å². The van der Waals surface area contributed by atoms with Crippen LogP contribution >= 0.6 is 0 Å². The van der Waals surface area contributed by atoms with Gasteiger partial charge >= 0.3 is 0 Å². The average molecular weight is 465 g/mol. The fraction of sp³-hybridized carbons (Fsp3) is 0.346. The molecule has 2 aromatic rings. The molecule has 8 heteroatoms. The van der Waals surface area contributed by atoms with Crippen LogP contribution in [0.4, 0.5) is 0 Å². The first-order valence-corrected chi connectivity index (χ1v) is 11.5. The van der Waals surface area contributed by atoms with Crippen molar-refractivity contribution in [2.24, 2.45) is 11.5 Å². The molecular weight excluding hydrogens is 432 g/mol. The van der Waals surface area contributed by atoms with Gasteiger partial charge in [0.25, 0.3) is 11.8 Å². The molecule has 5 N–H and O–H groups in total. The molecule has 0 aliphatic carbocycles. The van der Waals surface area contributed by atoms with Gasteiger partial charge in [0.2, 0.25) is 5.91 Å². The number of nitrogens with one attached hydrogen (secondary N) is 1. The van der Waals surface area contributed by atoms with Crippen molar-refractivity contribution in [1.29, 1.82) is 0 Å². The second-order valence-corrected chi connectivity index (χ2v) is 8.26. The normalized spacial score (nSPS) is 15.0. The molecule has 0 saturated carbocycles. The number of hydrogen-bond donors (Lipinski definition) is 3. The quantitative estimate of drug-likeness (QED) is 0.363. The topological polar surface area (TPSA) is 128 Å². The molecule has 1 atom stereocenters. The third kappa shape index (κ3) is 7.54. The summed E-state index contributed by atoms with van der Waals surface area (Å²) in [6.07, 6.45) is 4.18. The van der Waals surface area contributed by atoms with Gasteiger partial charge in [0.05, 0.1) is 19.3 Å². The van der Waals surface area contributed by atoms with E-state index in [4.69, 9.17) is 16.2 Å². The van der Waals surface area contributed by atoms with E-state index in [9.17, 15) is 14.4 Å². The molecule has 0 aromatic heterocycles. The van der Waals surface area contributed by atoms with Crippen molar-refractivity contribution < 1.29 is 19.1 Å². The van der Waals surface area contributed by atoms with E-state index in [0.29, 0.717) is 38.3 Å². The fourth-order valence-electron chi connectivity index (χ4n) is 3.71. The van der Waals surface area contributed by atoms with Crippen LogP contribution in [0.3, 0.4) is 0 Å². The van der Waals surface area contributed by atoms with E-state index in [1.807, 2.05) is 30.3 Å². The third-order valence-corrected chi connectivity index (χ3v) is 5.68. The van der Waals surface area contributed by atoms with Gasteiger partial charge in [-0.15, -0.1) is 0 Å². The van der Waals surface area contributed by atoms with E-state index < -0.39 is 17.9 Å². The maximum Gasteiger partial charge on any atom is 0.264 e. The molecule has 180 valence electrons. The first-order valence-electron chi connectivity index (χ1n) is 11.5. The van der Waals surface area contributed by atoms with Gasteiger partial charge in [-0.05, 0) is 48.9 Å². The first-order chi connectivity index (χ1) is 16.4. The van der Waals surface area contributed by atoms with Crippen LogP contribution in [0.5, 0.6) is 0 Å². The van der Waals surface area contributed by atoms with Crippen LogP contribution in [0.25, 0.3) is 0 Å². The van der Waals surface area contributed by atoms with Crippen molar-refractivity contribution in [2.45, 2.75) is 31.7 Å². The van der Waals surface area contributed by atoms with Gasteiger partial charge in [-0.3, -0.25) is 14.4 Å². The standard InChI is InChI=1S/C26H32N4O4/c27-22(18-20-10-12-21(13-11-20)26(33)30-14-16-34-17-15-30)25(32)29-23(24(28)31)9-5-4-8-19-6-2-1-3-7-19/h1-3,6-7,9-13,22H,4-5,8,14-18,27H2,(H2,28,31)(H,29,32)/t22-/m0/s1. The monoisotopic (exact) mass is 464 g/mol. The van der Waals surface area contributed by atoms with Gasteiger partial charge in [-0.1, -0.05) is 48.5 Å². The number of allylic oxidation sites excluding steroid dienone is 1. The number of aryl methyl sites for hydroxylation is 1. The molecule has 0 radical (unpaired) electrons.